The fourth-order valence-electron chi connectivity index (χ4n) is 2.39. The Labute approximate surface area is 124 Å². The first-order valence-corrected chi connectivity index (χ1v) is 7.52. The number of amides is 1. The van der Waals surface area contributed by atoms with Crippen molar-refractivity contribution in [2.24, 2.45) is 0 Å². The maximum Gasteiger partial charge on any atom is 0.242 e. The van der Waals surface area contributed by atoms with Crippen LogP contribution >= 0.6 is 11.6 Å². The van der Waals surface area contributed by atoms with Crippen molar-refractivity contribution in [1.29, 1.82) is 0 Å². The van der Waals surface area contributed by atoms with Crippen LogP contribution in [0.5, 0.6) is 0 Å². The number of aromatic nitrogens is 2. The molecule has 1 aromatic carbocycles. The summed E-state index contributed by atoms with van der Waals surface area (Å²) >= 11 is 5.84. The zero-order valence-electron chi connectivity index (χ0n) is 12.0. The fourth-order valence-corrected chi connectivity index (χ4v) is 2.56. The van der Waals surface area contributed by atoms with E-state index < -0.39 is 0 Å². The van der Waals surface area contributed by atoms with E-state index in [9.17, 15) is 4.79 Å². The maximum absolute atomic E-state index is 12.3. The Morgan fingerprint density at radius 3 is 2.65 bits per heavy atom. The third kappa shape index (κ3) is 2.96. The molecule has 0 spiro atoms. The van der Waals surface area contributed by atoms with Gasteiger partial charge in [-0.3, -0.25) is 4.79 Å². The van der Waals surface area contributed by atoms with Gasteiger partial charge in [0.2, 0.25) is 5.91 Å². The zero-order chi connectivity index (χ0) is 14.5. The van der Waals surface area contributed by atoms with Crippen LogP contribution in [0.4, 0.5) is 0 Å². The summed E-state index contributed by atoms with van der Waals surface area (Å²) in [7, 11) is 0. The molecule has 0 aliphatic heterocycles. The van der Waals surface area contributed by atoms with E-state index >= 15 is 0 Å². The van der Waals surface area contributed by atoms with E-state index in [1.165, 1.54) is 0 Å². The Kier molecular flexibility index (Phi) is 5.01. The number of alkyl halides is 1. The molecule has 0 fully saturated rings. The van der Waals surface area contributed by atoms with Gasteiger partial charge in [-0.05, 0) is 26.0 Å². The third-order valence-corrected chi connectivity index (χ3v) is 3.65. The molecule has 1 heterocycles. The van der Waals surface area contributed by atoms with Crippen molar-refractivity contribution in [2.75, 3.05) is 19.0 Å². The van der Waals surface area contributed by atoms with Gasteiger partial charge in [0.05, 0.1) is 11.0 Å². The summed E-state index contributed by atoms with van der Waals surface area (Å²) in [6.07, 6.45) is 0.668. The van der Waals surface area contributed by atoms with Crippen LogP contribution in [0.15, 0.2) is 24.3 Å². The Bertz CT molecular complexity index is 590. The highest BCUT2D eigenvalue weighted by molar-refractivity contribution is 6.17. The molecule has 20 heavy (non-hydrogen) atoms. The third-order valence-electron chi connectivity index (χ3n) is 3.46. The Morgan fingerprint density at radius 2 is 2.00 bits per heavy atom. The fraction of sp³-hybridized carbons (Fsp3) is 0.467. The van der Waals surface area contributed by atoms with E-state index in [2.05, 4.69) is 4.98 Å². The molecule has 0 saturated carbocycles. The second kappa shape index (κ2) is 6.75. The van der Waals surface area contributed by atoms with Crippen LogP contribution < -0.4 is 0 Å². The smallest absolute Gasteiger partial charge is 0.242 e. The largest absolute Gasteiger partial charge is 0.342 e. The van der Waals surface area contributed by atoms with E-state index in [0.29, 0.717) is 18.8 Å². The SMILES string of the molecule is CCN(CC)C(=O)Cn1c(CCCl)nc2ccccc21. The number of nitrogens with zero attached hydrogens (tertiary/aromatic N) is 3. The predicted octanol–water partition coefficient (Wildman–Crippen LogP) is 2.69. The average Bonchev–Trinajstić information content (AvgIpc) is 2.79. The molecule has 1 aromatic heterocycles. The van der Waals surface area contributed by atoms with Gasteiger partial charge >= 0.3 is 0 Å². The van der Waals surface area contributed by atoms with Crippen molar-refractivity contribution in [1.82, 2.24) is 14.5 Å². The van der Waals surface area contributed by atoms with Gasteiger partial charge in [0.25, 0.3) is 0 Å². The van der Waals surface area contributed by atoms with Crippen molar-refractivity contribution in [2.45, 2.75) is 26.8 Å². The number of fused-ring (bicyclic) bond motifs is 1. The number of benzene rings is 1. The minimum atomic E-state index is 0.119. The molecule has 0 unspecified atom stereocenters. The molecule has 108 valence electrons. The summed E-state index contributed by atoms with van der Waals surface area (Å²) in [5, 5.41) is 0. The van der Waals surface area contributed by atoms with E-state index in [4.69, 9.17) is 11.6 Å². The van der Waals surface area contributed by atoms with Crippen LogP contribution in [0, 0.1) is 0 Å². The van der Waals surface area contributed by atoms with Crippen molar-refractivity contribution < 1.29 is 4.79 Å². The number of para-hydroxylation sites is 2. The van der Waals surface area contributed by atoms with Crippen molar-refractivity contribution in [3.8, 4) is 0 Å². The number of aryl methyl sites for hydroxylation is 1. The first-order valence-electron chi connectivity index (χ1n) is 6.99. The summed E-state index contributed by atoms with van der Waals surface area (Å²) in [6, 6.07) is 7.88. The molecule has 2 aromatic rings. The Hall–Kier alpha value is -1.55. The Balaban J connectivity index is 2.36. The second-order valence-corrected chi connectivity index (χ2v) is 4.99. The number of carbonyl (C=O) groups excluding carboxylic acids is 1. The molecule has 1 amide bonds. The molecular formula is C15H20ClN3O. The number of likely N-dealkylation sites (N-methyl/N-ethyl adjacent to an activating group) is 1. The lowest BCUT2D eigenvalue weighted by molar-refractivity contribution is -0.131. The normalized spacial score (nSPS) is 10.9. The summed E-state index contributed by atoms with van der Waals surface area (Å²) in [6.45, 7) is 5.77. The highest BCUT2D eigenvalue weighted by Crippen LogP contribution is 2.17. The number of rotatable bonds is 6. The molecule has 5 heteroatoms. The number of hydrogen-bond acceptors (Lipinski definition) is 2. The number of imidazole rings is 1. The number of carbonyl (C=O) groups is 1. The molecule has 2 rings (SSSR count). The monoisotopic (exact) mass is 293 g/mol. The van der Waals surface area contributed by atoms with Gasteiger partial charge in [-0.15, -0.1) is 11.6 Å². The van der Waals surface area contributed by atoms with Gasteiger partial charge in [0, 0.05) is 25.4 Å². The zero-order valence-corrected chi connectivity index (χ0v) is 12.7. The lowest BCUT2D eigenvalue weighted by Crippen LogP contribution is -2.33. The van der Waals surface area contributed by atoms with Crippen molar-refractivity contribution in [3.63, 3.8) is 0 Å². The molecule has 0 atom stereocenters. The topological polar surface area (TPSA) is 38.1 Å². The van der Waals surface area contributed by atoms with Gasteiger partial charge in [0.15, 0.2) is 0 Å². The highest BCUT2D eigenvalue weighted by atomic mass is 35.5. The van der Waals surface area contributed by atoms with Crippen molar-refractivity contribution in [3.05, 3.63) is 30.1 Å². The first-order chi connectivity index (χ1) is 9.71. The second-order valence-electron chi connectivity index (χ2n) is 4.61. The molecule has 0 aliphatic carbocycles. The van der Waals surface area contributed by atoms with Crippen LogP contribution in [0.25, 0.3) is 11.0 Å². The van der Waals surface area contributed by atoms with Gasteiger partial charge in [0.1, 0.15) is 12.4 Å². The molecule has 0 N–H and O–H groups in total. The molecular weight excluding hydrogens is 274 g/mol. The number of hydrogen-bond donors (Lipinski definition) is 0. The van der Waals surface area contributed by atoms with E-state index in [1.54, 1.807) is 0 Å². The minimum absolute atomic E-state index is 0.119. The van der Waals surface area contributed by atoms with E-state index in [1.807, 2.05) is 47.6 Å². The van der Waals surface area contributed by atoms with Crippen LogP contribution in [-0.2, 0) is 17.8 Å². The molecule has 0 bridgehead atoms. The van der Waals surface area contributed by atoms with Gasteiger partial charge in [-0.2, -0.15) is 0 Å². The lowest BCUT2D eigenvalue weighted by Gasteiger charge is -2.19. The van der Waals surface area contributed by atoms with Gasteiger partial charge in [-0.25, -0.2) is 4.98 Å². The van der Waals surface area contributed by atoms with Crippen LogP contribution in [0.3, 0.4) is 0 Å². The van der Waals surface area contributed by atoms with Gasteiger partial charge < -0.3 is 9.47 Å². The summed E-state index contributed by atoms with van der Waals surface area (Å²) in [5.41, 5.74) is 1.91. The van der Waals surface area contributed by atoms with Crippen LogP contribution in [0.2, 0.25) is 0 Å². The maximum atomic E-state index is 12.3. The Morgan fingerprint density at radius 1 is 1.30 bits per heavy atom. The van der Waals surface area contributed by atoms with Gasteiger partial charge in [-0.1, -0.05) is 12.1 Å². The molecule has 4 nitrogen and oxygen atoms in total. The standard InChI is InChI=1S/C15H20ClN3O/c1-3-18(4-2)15(20)11-19-13-8-6-5-7-12(13)17-14(19)9-10-16/h5-8H,3-4,9-11H2,1-2H3. The first kappa shape index (κ1) is 14.9. The highest BCUT2D eigenvalue weighted by Gasteiger charge is 2.15. The lowest BCUT2D eigenvalue weighted by atomic mass is 10.3. The average molecular weight is 294 g/mol. The number of halogens is 1. The van der Waals surface area contributed by atoms with Crippen LogP contribution in [0.1, 0.15) is 19.7 Å². The van der Waals surface area contributed by atoms with Crippen LogP contribution in [-0.4, -0.2) is 39.3 Å². The summed E-state index contributed by atoms with van der Waals surface area (Å²) in [4.78, 5) is 18.7. The summed E-state index contributed by atoms with van der Waals surface area (Å²) in [5.74, 6) is 1.50. The molecule has 0 aliphatic rings. The predicted molar refractivity (Wildman–Crippen MR) is 82.1 cm³/mol. The van der Waals surface area contributed by atoms with E-state index in [-0.39, 0.29) is 5.91 Å². The summed E-state index contributed by atoms with van der Waals surface area (Å²) < 4.78 is 1.98. The van der Waals surface area contributed by atoms with E-state index in [0.717, 1.165) is 29.9 Å². The molecule has 0 radical (unpaired) electrons. The van der Waals surface area contributed by atoms with Crippen molar-refractivity contribution >= 4 is 28.5 Å². The quantitative estimate of drug-likeness (QED) is 0.768. The minimum Gasteiger partial charge on any atom is -0.342 e. The molecule has 0 saturated heterocycles.